The first kappa shape index (κ1) is 18.8. The minimum absolute atomic E-state index is 0.0577. The quantitative estimate of drug-likeness (QED) is 0.588. The molecule has 1 atom stereocenters. The average molecular weight is 337 g/mol. The van der Waals surface area contributed by atoms with E-state index in [9.17, 15) is 9.59 Å². The lowest BCUT2D eigenvalue weighted by molar-refractivity contribution is -0.142. The molecule has 0 unspecified atom stereocenters. The van der Waals surface area contributed by atoms with E-state index in [1.54, 1.807) is 4.90 Å². The Hall–Kier alpha value is -1.56. The largest absolute Gasteiger partial charge is 0.513 e. The van der Waals surface area contributed by atoms with Gasteiger partial charge in [-0.15, -0.1) is 0 Å². The molecular weight excluding hydrogens is 306 g/mol. The lowest BCUT2D eigenvalue weighted by Crippen LogP contribution is -2.46. The highest BCUT2D eigenvalue weighted by Crippen LogP contribution is 2.27. The fourth-order valence-electron chi connectivity index (χ4n) is 3.63. The fraction of sp³-hybridized carbons (Fsp3) is 0.778. The summed E-state index contributed by atoms with van der Waals surface area (Å²) in [5.41, 5.74) is 0. The van der Waals surface area contributed by atoms with E-state index in [1.165, 1.54) is 12.8 Å². The standard InChI is InChI=1S/C18H31N3O3/c1-14(22)6-11-20-17(23)13-21-12-2-3-16(18(21)24)5-4-15-7-9-19-10-8-15/h15-16,19,22H,1-13H2,(H,20,23)/t16-/m0/s1. The van der Waals surface area contributed by atoms with Gasteiger partial charge in [0.25, 0.3) is 0 Å². The third kappa shape index (κ3) is 6.15. The molecule has 0 saturated carbocycles. The second-order valence-corrected chi connectivity index (χ2v) is 7.04. The smallest absolute Gasteiger partial charge is 0.239 e. The Morgan fingerprint density at radius 2 is 2.04 bits per heavy atom. The zero-order chi connectivity index (χ0) is 17.4. The van der Waals surface area contributed by atoms with E-state index in [0.717, 1.165) is 44.7 Å². The van der Waals surface area contributed by atoms with Crippen molar-refractivity contribution >= 4 is 11.8 Å². The number of amides is 2. The van der Waals surface area contributed by atoms with Crippen LogP contribution in [0.25, 0.3) is 0 Å². The van der Waals surface area contributed by atoms with Crippen molar-refractivity contribution in [2.75, 3.05) is 32.7 Å². The molecule has 2 rings (SSSR count). The van der Waals surface area contributed by atoms with Gasteiger partial charge in [0.15, 0.2) is 0 Å². The van der Waals surface area contributed by atoms with E-state index >= 15 is 0 Å². The minimum atomic E-state index is -0.163. The molecule has 24 heavy (non-hydrogen) atoms. The summed E-state index contributed by atoms with van der Waals surface area (Å²) < 4.78 is 0. The Labute approximate surface area is 144 Å². The molecule has 0 aromatic rings. The van der Waals surface area contributed by atoms with Gasteiger partial charge in [-0.1, -0.05) is 6.58 Å². The lowest BCUT2D eigenvalue weighted by Gasteiger charge is -2.33. The number of likely N-dealkylation sites (tertiary alicyclic amines) is 1. The average Bonchev–Trinajstić information content (AvgIpc) is 2.56. The van der Waals surface area contributed by atoms with Gasteiger partial charge in [0.05, 0.1) is 12.3 Å². The van der Waals surface area contributed by atoms with Crippen LogP contribution in [0.5, 0.6) is 0 Å². The fourth-order valence-corrected chi connectivity index (χ4v) is 3.63. The van der Waals surface area contributed by atoms with Crippen LogP contribution in [0, 0.1) is 11.8 Å². The Balaban J connectivity index is 1.72. The maximum atomic E-state index is 12.6. The summed E-state index contributed by atoms with van der Waals surface area (Å²) in [6, 6.07) is 0. The maximum absolute atomic E-state index is 12.6. The third-order valence-corrected chi connectivity index (χ3v) is 5.09. The number of nitrogens with one attached hydrogen (secondary N) is 2. The van der Waals surface area contributed by atoms with Crippen molar-refractivity contribution in [2.24, 2.45) is 11.8 Å². The third-order valence-electron chi connectivity index (χ3n) is 5.09. The molecule has 0 aliphatic carbocycles. The topological polar surface area (TPSA) is 81.7 Å². The van der Waals surface area contributed by atoms with Crippen LogP contribution in [0.15, 0.2) is 12.3 Å². The highest BCUT2D eigenvalue weighted by atomic mass is 16.3. The molecule has 0 radical (unpaired) electrons. The molecule has 2 saturated heterocycles. The molecule has 2 fully saturated rings. The van der Waals surface area contributed by atoms with E-state index in [1.807, 2.05) is 0 Å². The van der Waals surface area contributed by atoms with Crippen LogP contribution >= 0.6 is 0 Å². The van der Waals surface area contributed by atoms with Crippen LogP contribution < -0.4 is 10.6 Å². The summed E-state index contributed by atoms with van der Waals surface area (Å²) in [6.45, 7) is 6.72. The molecule has 2 aliphatic rings. The second kappa shape index (κ2) is 9.67. The van der Waals surface area contributed by atoms with Crippen LogP contribution in [0.3, 0.4) is 0 Å². The van der Waals surface area contributed by atoms with Crippen molar-refractivity contribution in [2.45, 2.75) is 44.9 Å². The maximum Gasteiger partial charge on any atom is 0.239 e. The van der Waals surface area contributed by atoms with Gasteiger partial charge in [0, 0.05) is 25.4 Å². The van der Waals surface area contributed by atoms with Gasteiger partial charge in [-0.2, -0.15) is 0 Å². The zero-order valence-electron chi connectivity index (χ0n) is 14.6. The Morgan fingerprint density at radius 3 is 2.75 bits per heavy atom. The van der Waals surface area contributed by atoms with Crippen LogP contribution in [-0.4, -0.2) is 54.5 Å². The molecule has 0 spiro atoms. The second-order valence-electron chi connectivity index (χ2n) is 7.04. The molecule has 0 aromatic carbocycles. The molecule has 2 aliphatic heterocycles. The number of hydrogen-bond acceptors (Lipinski definition) is 4. The van der Waals surface area contributed by atoms with Crippen molar-refractivity contribution in [3.05, 3.63) is 12.3 Å². The number of aliphatic hydroxyl groups excluding tert-OH is 1. The van der Waals surface area contributed by atoms with Crippen molar-refractivity contribution < 1.29 is 14.7 Å². The minimum Gasteiger partial charge on any atom is -0.513 e. The number of aliphatic hydroxyl groups is 1. The first-order valence-electron chi connectivity index (χ1n) is 9.19. The van der Waals surface area contributed by atoms with Crippen molar-refractivity contribution in [3.8, 4) is 0 Å². The van der Waals surface area contributed by atoms with Gasteiger partial charge in [-0.05, 0) is 57.5 Å². The van der Waals surface area contributed by atoms with Gasteiger partial charge >= 0.3 is 0 Å². The molecule has 2 heterocycles. The molecule has 3 N–H and O–H groups in total. The van der Waals surface area contributed by atoms with E-state index in [4.69, 9.17) is 5.11 Å². The first-order chi connectivity index (χ1) is 11.6. The number of nitrogens with zero attached hydrogens (tertiary/aromatic N) is 1. The van der Waals surface area contributed by atoms with Crippen LogP contribution in [0.1, 0.15) is 44.9 Å². The number of carbonyl (C=O) groups is 2. The zero-order valence-corrected chi connectivity index (χ0v) is 14.6. The van der Waals surface area contributed by atoms with Crippen molar-refractivity contribution in [3.63, 3.8) is 0 Å². The van der Waals surface area contributed by atoms with Gasteiger partial charge in [0.2, 0.25) is 11.8 Å². The normalized spacial score (nSPS) is 22.4. The van der Waals surface area contributed by atoms with E-state index in [2.05, 4.69) is 17.2 Å². The molecule has 6 heteroatoms. The van der Waals surface area contributed by atoms with E-state index in [-0.39, 0.29) is 30.0 Å². The predicted octanol–water partition coefficient (Wildman–Crippen LogP) is 1.58. The number of piperidine rings is 2. The van der Waals surface area contributed by atoms with Crippen LogP contribution in [0.4, 0.5) is 0 Å². The van der Waals surface area contributed by atoms with E-state index in [0.29, 0.717) is 19.5 Å². The molecule has 136 valence electrons. The van der Waals surface area contributed by atoms with Crippen molar-refractivity contribution in [1.82, 2.24) is 15.5 Å². The summed E-state index contributed by atoms with van der Waals surface area (Å²) in [6.07, 6.45) is 6.77. The Bertz CT molecular complexity index is 447. The van der Waals surface area contributed by atoms with Crippen LogP contribution in [-0.2, 0) is 9.59 Å². The number of hydrogen-bond donors (Lipinski definition) is 3. The Kier molecular flexibility index (Phi) is 7.56. The molecule has 2 amide bonds. The SMILES string of the molecule is C=C(O)CCNC(=O)CN1CCC[C@@H](CCC2CCNCC2)C1=O. The molecule has 0 aromatic heterocycles. The summed E-state index contributed by atoms with van der Waals surface area (Å²) in [4.78, 5) is 26.2. The number of carbonyl (C=O) groups excluding carboxylic acids is 2. The molecule has 6 nitrogen and oxygen atoms in total. The van der Waals surface area contributed by atoms with Crippen molar-refractivity contribution in [1.29, 1.82) is 0 Å². The van der Waals surface area contributed by atoms with Gasteiger partial charge < -0.3 is 20.6 Å². The summed E-state index contributed by atoms with van der Waals surface area (Å²) in [5, 5.41) is 15.1. The Morgan fingerprint density at radius 1 is 1.29 bits per heavy atom. The molecule has 0 bridgehead atoms. The predicted molar refractivity (Wildman–Crippen MR) is 93.5 cm³/mol. The first-order valence-corrected chi connectivity index (χ1v) is 9.19. The van der Waals surface area contributed by atoms with Gasteiger partial charge in [0.1, 0.15) is 0 Å². The van der Waals surface area contributed by atoms with Gasteiger partial charge in [-0.25, -0.2) is 0 Å². The summed E-state index contributed by atoms with van der Waals surface area (Å²) in [5.74, 6) is 0.853. The lowest BCUT2D eigenvalue weighted by atomic mass is 9.86. The molecular formula is C18H31N3O3. The summed E-state index contributed by atoms with van der Waals surface area (Å²) >= 11 is 0. The summed E-state index contributed by atoms with van der Waals surface area (Å²) in [7, 11) is 0. The highest BCUT2D eigenvalue weighted by Gasteiger charge is 2.30. The number of rotatable bonds is 8. The monoisotopic (exact) mass is 337 g/mol. The van der Waals surface area contributed by atoms with E-state index < -0.39 is 0 Å². The van der Waals surface area contributed by atoms with Gasteiger partial charge in [-0.3, -0.25) is 9.59 Å². The van der Waals surface area contributed by atoms with Crippen LogP contribution in [0.2, 0.25) is 0 Å². The highest BCUT2D eigenvalue weighted by molar-refractivity contribution is 5.86.